The van der Waals surface area contributed by atoms with Gasteiger partial charge in [-0.1, -0.05) is 60.7 Å². The Bertz CT molecular complexity index is 1130. The average Bonchev–Trinajstić information content (AvgIpc) is 2.96. The fraction of sp³-hybridized carbons (Fsp3) is 0.357. The Morgan fingerprint density at radius 1 is 0.622 bits per heavy atom. The summed E-state index contributed by atoms with van der Waals surface area (Å²) in [4.78, 5) is 50.6. The van der Waals surface area contributed by atoms with E-state index in [9.17, 15) is 24.0 Å². The van der Waals surface area contributed by atoms with Gasteiger partial charge in [0.2, 0.25) is 0 Å². The number of hydrogen-bond acceptors (Lipinski definition) is 10. The van der Waals surface area contributed by atoms with Crippen molar-refractivity contribution < 1.29 is 49.5 Å². The van der Waals surface area contributed by atoms with Crippen molar-refractivity contribution in [3.8, 4) is 0 Å². The van der Waals surface area contributed by atoms with E-state index in [1.54, 1.807) is 0 Å². The molecule has 4 unspecified atom stereocenters. The number of carboxylic acid groups (broad SMARTS) is 5. The van der Waals surface area contributed by atoms with Crippen LogP contribution in [-0.4, -0.2) is 92.1 Å². The van der Waals surface area contributed by atoms with E-state index in [1.165, 1.54) is 0 Å². The number of nitrogens with two attached hydrogens (primary N) is 5. The van der Waals surface area contributed by atoms with Gasteiger partial charge in [0.05, 0.1) is 6.42 Å². The molecule has 0 saturated heterocycles. The molecule has 2 aromatic rings. The summed E-state index contributed by atoms with van der Waals surface area (Å²) in [6, 6.07) is 15.0. The quantitative estimate of drug-likeness (QED) is 0.0658. The number of carbonyl (C=O) groups is 5. The third-order valence-electron chi connectivity index (χ3n) is 5.27. The number of carboxylic acids is 5. The Hall–Kier alpha value is -5.10. The molecular formula is C28H43N7O10. The summed E-state index contributed by atoms with van der Waals surface area (Å²) in [6.45, 7) is 0.482. The first kappa shape index (κ1) is 42.0. The molecule has 0 bridgehead atoms. The van der Waals surface area contributed by atoms with Crippen molar-refractivity contribution in [3.63, 3.8) is 0 Å². The van der Waals surface area contributed by atoms with E-state index in [-0.39, 0.29) is 5.96 Å². The van der Waals surface area contributed by atoms with Crippen LogP contribution in [0, 0.1) is 5.41 Å². The number of aliphatic carboxylic acids is 5. The molecular weight excluding hydrogens is 594 g/mol. The summed E-state index contributed by atoms with van der Waals surface area (Å²) >= 11 is 0. The zero-order chi connectivity index (χ0) is 34.9. The molecule has 0 spiro atoms. The van der Waals surface area contributed by atoms with Crippen LogP contribution >= 0.6 is 0 Å². The summed E-state index contributed by atoms with van der Waals surface area (Å²) in [7, 11) is 0. The lowest BCUT2D eigenvalue weighted by Crippen LogP contribution is -2.34. The molecule has 17 N–H and O–H groups in total. The topological polar surface area (TPSA) is 352 Å². The van der Waals surface area contributed by atoms with E-state index >= 15 is 0 Å². The first-order valence-corrected chi connectivity index (χ1v) is 13.3. The highest BCUT2D eigenvalue weighted by Crippen LogP contribution is 2.02. The maximum atomic E-state index is 10.4. The van der Waals surface area contributed by atoms with Gasteiger partial charge in [0.25, 0.3) is 0 Å². The molecule has 0 fully saturated rings. The maximum absolute atomic E-state index is 10.4. The van der Waals surface area contributed by atoms with Gasteiger partial charge in [-0.05, 0) is 36.8 Å². The Labute approximate surface area is 259 Å². The van der Waals surface area contributed by atoms with Crippen LogP contribution in [0.4, 0.5) is 0 Å². The van der Waals surface area contributed by atoms with Crippen molar-refractivity contribution >= 4 is 35.8 Å². The van der Waals surface area contributed by atoms with Crippen molar-refractivity contribution in [1.29, 1.82) is 5.41 Å². The third-order valence-corrected chi connectivity index (χ3v) is 5.27. The molecule has 0 aliphatic rings. The van der Waals surface area contributed by atoms with Gasteiger partial charge in [-0.25, -0.2) is 0 Å². The monoisotopic (exact) mass is 637 g/mol. The second-order valence-corrected chi connectivity index (χ2v) is 9.24. The Balaban J connectivity index is 0. The minimum Gasteiger partial charge on any atom is -0.481 e. The molecule has 0 radical (unpaired) electrons. The average molecular weight is 638 g/mol. The van der Waals surface area contributed by atoms with Gasteiger partial charge in [0, 0.05) is 6.54 Å². The molecule has 0 saturated carbocycles. The van der Waals surface area contributed by atoms with Gasteiger partial charge < -0.3 is 59.5 Å². The second kappa shape index (κ2) is 24.4. The molecule has 45 heavy (non-hydrogen) atoms. The largest absolute Gasteiger partial charge is 0.481 e. The zero-order valence-corrected chi connectivity index (χ0v) is 24.5. The number of guanidine groups is 1. The summed E-state index contributed by atoms with van der Waals surface area (Å²) in [5.41, 5.74) is 27.7. The predicted octanol–water partition coefficient (Wildman–Crippen LogP) is -1.18. The molecule has 4 atom stereocenters. The third kappa shape index (κ3) is 25.1. The molecule has 0 aliphatic heterocycles. The number of benzene rings is 2. The molecule has 0 heterocycles. The van der Waals surface area contributed by atoms with Gasteiger partial charge in [-0.15, -0.1) is 0 Å². The highest BCUT2D eigenvalue weighted by atomic mass is 16.4. The molecule has 2 aromatic carbocycles. The fourth-order valence-electron chi connectivity index (χ4n) is 2.85. The molecule has 250 valence electrons. The fourth-order valence-corrected chi connectivity index (χ4v) is 2.85. The standard InChI is InChI=1S/2C9H11NO2.C6H14N4O2.C4H7NO4/c2*10-8(9(11)12)6-7-4-2-1-3-5-7;7-4(5(11)12)2-1-3-10-6(8)9;5-2(4(8)9)1-3(6)7/h2*1-5,8H,6,10H2,(H,11,12);4H,1-3,7H2,(H,11,12)(H4,8,9,10);2H,1,5H2,(H,6,7)(H,8,9). The highest BCUT2D eigenvalue weighted by Gasteiger charge is 2.15. The minimum atomic E-state index is -1.29. The van der Waals surface area contributed by atoms with E-state index in [1.807, 2.05) is 60.7 Å². The molecule has 0 aliphatic carbocycles. The minimum absolute atomic E-state index is 0.112. The molecule has 2 rings (SSSR count). The molecule has 17 nitrogen and oxygen atoms in total. The van der Waals surface area contributed by atoms with Crippen LogP contribution in [0.2, 0.25) is 0 Å². The lowest BCUT2D eigenvalue weighted by atomic mass is 10.1. The maximum Gasteiger partial charge on any atom is 0.321 e. The van der Waals surface area contributed by atoms with Crippen LogP contribution in [-0.2, 0) is 36.8 Å². The Morgan fingerprint density at radius 2 is 0.978 bits per heavy atom. The van der Waals surface area contributed by atoms with Crippen LogP contribution in [0.25, 0.3) is 0 Å². The first-order valence-electron chi connectivity index (χ1n) is 13.3. The zero-order valence-electron chi connectivity index (χ0n) is 24.5. The van der Waals surface area contributed by atoms with Crippen molar-refractivity contribution in [2.24, 2.45) is 28.7 Å². The molecule has 0 amide bonds. The van der Waals surface area contributed by atoms with E-state index in [2.05, 4.69) is 5.32 Å². The summed E-state index contributed by atoms with van der Waals surface area (Å²) < 4.78 is 0. The van der Waals surface area contributed by atoms with E-state index in [4.69, 9.17) is 59.6 Å². The van der Waals surface area contributed by atoms with E-state index in [0.717, 1.165) is 11.1 Å². The SMILES string of the molecule is N=C(N)NCCCC(N)C(=O)O.NC(CC(=O)O)C(=O)O.NC(Cc1ccccc1)C(=O)O.NC(Cc1ccccc1)C(=O)O. The van der Waals surface area contributed by atoms with Gasteiger partial charge >= 0.3 is 29.8 Å². The smallest absolute Gasteiger partial charge is 0.321 e. The van der Waals surface area contributed by atoms with Crippen LogP contribution < -0.4 is 34.0 Å². The summed E-state index contributed by atoms with van der Waals surface area (Å²) in [5.74, 6) is -5.53. The highest BCUT2D eigenvalue weighted by molar-refractivity contribution is 5.80. The van der Waals surface area contributed by atoms with Gasteiger partial charge in [0.1, 0.15) is 24.2 Å². The summed E-state index contributed by atoms with van der Waals surface area (Å²) in [6.07, 6.45) is 1.21. The lowest BCUT2D eigenvalue weighted by Gasteiger charge is -2.06. The van der Waals surface area contributed by atoms with E-state index < -0.39 is 60.4 Å². The second-order valence-electron chi connectivity index (χ2n) is 9.24. The van der Waals surface area contributed by atoms with E-state index in [0.29, 0.717) is 32.2 Å². The van der Waals surface area contributed by atoms with Crippen LogP contribution in [0.5, 0.6) is 0 Å². The van der Waals surface area contributed by atoms with Crippen LogP contribution in [0.15, 0.2) is 60.7 Å². The van der Waals surface area contributed by atoms with Crippen LogP contribution in [0.1, 0.15) is 30.4 Å². The Kier molecular flexibility index (Phi) is 22.7. The number of nitrogens with one attached hydrogen (secondary N) is 2. The predicted molar refractivity (Wildman–Crippen MR) is 164 cm³/mol. The molecule has 0 aromatic heterocycles. The van der Waals surface area contributed by atoms with Crippen molar-refractivity contribution in [3.05, 3.63) is 71.8 Å². The van der Waals surface area contributed by atoms with Gasteiger partial charge in [0.15, 0.2) is 5.96 Å². The summed E-state index contributed by atoms with van der Waals surface area (Å²) in [5, 5.41) is 50.8. The van der Waals surface area contributed by atoms with Crippen molar-refractivity contribution in [1.82, 2.24) is 5.32 Å². The van der Waals surface area contributed by atoms with Crippen LogP contribution in [0.3, 0.4) is 0 Å². The van der Waals surface area contributed by atoms with Gasteiger partial charge in [-0.2, -0.15) is 0 Å². The number of hydrogen-bond donors (Lipinski definition) is 12. The lowest BCUT2D eigenvalue weighted by molar-refractivity contribution is -0.144. The normalized spacial score (nSPS) is 12.4. The Morgan fingerprint density at radius 3 is 1.24 bits per heavy atom. The van der Waals surface area contributed by atoms with Crippen molar-refractivity contribution in [2.75, 3.05) is 6.54 Å². The first-order chi connectivity index (χ1) is 21.0. The van der Waals surface area contributed by atoms with Gasteiger partial charge in [-0.3, -0.25) is 29.4 Å². The van der Waals surface area contributed by atoms with Crippen molar-refractivity contribution in [2.45, 2.75) is 56.3 Å². The molecule has 17 heteroatoms. The number of rotatable bonds is 14.